The number of amides is 1. The number of nitrogens with zero attached hydrogens (tertiary/aromatic N) is 2. The van der Waals surface area contributed by atoms with Gasteiger partial charge in [0.05, 0.1) is 17.2 Å². The molecule has 1 aromatic carbocycles. The summed E-state index contributed by atoms with van der Waals surface area (Å²) in [7, 11) is -1.21. The number of sulfone groups is 1. The first-order valence-electron chi connectivity index (χ1n) is 7.01. The number of benzene rings is 1. The second-order valence-corrected chi connectivity index (χ2v) is 7.91. The van der Waals surface area contributed by atoms with E-state index in [0.717, 1.165) is 16.9 Å². The van der Waals surface area contributed by atoms with Gasteiger partial charge in [-0.15, -0.1) is 0 Å². The van der Waals surface area contributed by atoms with Crippen molar-refractivity contribution in [3.05, 3.63) is 23.8 Å². The van der Waals surface area contributed by atoms with E-state index >= 15 is 0 Å². The van der Waals surface area contributed by atoms with Gasteiger partial charge in [0, 0.05) is 31.4 Å². The molecule has 1 saturated heterocycles. The average molecular weight is 309 g/mol. The van der Waals surface area contributed by atoms with Crippen molar-refractivity contribution in [2.24, 2.45) is 5.73 Å². The van der Waals surface area contributed by atoms with Crippen LogP contribution in [0.5, 0.6) is 0 Å². The first-order chi connectivity index (χ1) is 9.89. The maximum Gasteiger partial charge on any atom is 0.248 e. The predicted octanol–water partition coefficient (Wildman–Crippen LogP) is 0.288. The molecule has 1 aromatic rings. The van der Waals surface area contributed by atoms with E-state index in [-0.39, 0.29) is 17.4 Å². The smallest absolute Gasteiger partial charge is 0.248 e. The Bertz CT molecular complexity index is 687. The Labute approximate surface area is 124 Å². The van der Waals surface area contributed by atoms with Gasteiger partial charge in [-0.3, -0.25) is 4.79 Å². The van der Waals surface area contributed by atoms with Crippen LogP contribution in [-0.2, 0) is 14.6 Å². The van der Waals surface area contributed by atoms with Crippen molar-refractivity contribution in [1.82, 2.24) is 0 Å². The average Bonchev–Trinajstić information content (AvgIpc) is 2.60. The fraction of sp³-hybridized carbons (Fsp3) is 0.500. The Balaban J connectivity index is 1.90. The zero-order valence-corrected chi connectivity index (χ0v) is 12.8. The maximum absolute atomic E-state index is 11.9. The van der Waals surface area contributed by atoms with Crippen LogP contribution in [0.15, 0.2) is 18.2 Å². The van der Waals surface area contributed by atoms with E-state index in [4.69, 9.17) is 5.73 Å². The standard InChI is InChI=1S/C14H19N3O3S/c1-16-12-9-10(3-4-11(12)13(15)14(16)18)17-5-2-7-21(19,20)8-6-17/h3-4,9,13H,2,5-8,15H2,1H3. The second kappa shape index (κ2) is 4.99. The minimum Gasteiger partial charge on any atom is -0.370 e. The van der Waals surface area contributed by atoms with Crippen LogP contribution < -0.4 is 15.5 Å². The van der Waals surface area contributed by atoms with Gasteiger partial charge in [0.25, 0.3) is 0 Å². The fourth-order valence-electron chi connectivity index (χ4n) is 2.94. The molecule has 1 unspecified atom stereocenters. The molecule has 2 heterocycles. The van der Waals surface area contributed by atoms with Gasteiger partial charge in [-0.05, 0) is 18.6 Å². The first-order valence-corrected chi connectivity index (χ1v) is 8.84. The quantitative estimate of drug-likeness (QED) is 0.806. The Morgan fingerprint density at radius 3 is 2.76 bits per heavy atom. The van der Waals surface area contributed by atoms with Gasteiger partial charge in [-0.25, -0.2) is 8.42 Å². The number of anilines is 2. The van der Waals surface area contributed by atoms with Crippen molar-refractivity contribution >= 4 is 27.1 Å². The minimum absolute atomic E-state index is 0.111. The van der Waals surface area contributed by atoms with E-state index in [1.54, 1.807) is 11.9 Å². The van der Waals surface area contributed by atoms with Crippen LogP contribution in [0.25, 0.3) is 0 Å². The van der Waals surface area contributed by atoms with E-state index in [1.807, 2.05) is 18.2 Å². The summed E-state index contributed by atoms with van der Waals surface area (Å²) in [6, 6.07) is 5.13. The molecule has 2 aliphatic rings. The molecule has 1 amide bonds. The fourth-order valence-corrected chi connectivity index (χ4v) is 4.21. The molecule has 1 atom stereocenters. The summed E-state index contributed by atoms with van der Waals surface area (Å²) in [6.45, 7) is 1.20. The van der Waals surface area contributed by atoms with Crippen LogP contribution in [0.2, 0.25) is 0 Å². The Morgan fingerprint density at radius 2 is 2.00 bits per heavy atom. The Morgan fingerprint density at radius 1 is 1.24 bits per heavy atom. The Kier molecular flexibility index (Phi) is 3.41. The van der Waals surface area contributed by atoms with Gasteiger partial charge in [-0.2, -0.15) is 0 Å². The summed E-state index contributed by atoms with van der Waals surface area (Å²) in [5.41, 5.74) is 8.47. The highest BCUT2D eigenvalue weighted by molar-refractivity contribution is 7.91. The molecule has 3 rings (SSSR count). The lowest BCUT2D eigenvalue weighted by Gasteiger charge is -2.23. The molecule has 0 saturated carbocycles. The topological polar surface area (TPSA) is 83.7 Å². The molecular formula is C14H19N3O3S. The molecule has 6 nitrogen and oxygen atoms in total. The van der Waals surface area contributed by atoms with Crippen molar-refractivity contribution < 1.29 is 13.2 Å². The van der Waals surface area contributed by atoms with Crippen LogP contribution in [0, 0.1) is 0 Å². The third-order valence-electron chi connectivity index (χ3n) is 4.23. The lowest BCUT2D eigenvalue weighted by Crippen LogP contribution is -2.28. The normalized spacial score (nSPS) is 24.9. The van der Waals surface area contributed by atoms with E-state index in [1.165, 1.54) is 0 Å². The summed E-state index contributed by atoms with van der Waals surface area (Å²) in [5, 5.41) is 0. The molecule has 114 valence electrons. The lowest BCUT2D eigenvalue weighted by molar-refractivity contribution is -0.118. The number of carbonyl (C=O) groups is 1. The molecule has 0 spiro atoms. The van der Waals surface area contributed by atoms with Crippen LogP contribution >= 0.6 is 0 Å². The molecule has 7 heteroatoms. The minimum atomic E-state index is -2.93. The molecular weight excluding hydrogens is 290 g/mol. The molecule has 0 radical (unpaired) electrons. The monoisotopic (exact) mass is 309 g/mol. The highest BCUT2D eigenvalue weighted by Crippen LogP contribution is 2.36. The van der Waals surface area contributed by atoms with Gasteiger partial charge in [0.2, 0.25) is 5.91 Å². The summed E-state index contributed by atoms with van der Waals surface area (Å²) in [6.07, 6.45) is 0.633. The molecule has 21 heavy (non-hydrogen) atoms. The zero-order chi connectivity index (χ0) is 15.2. The molecule has 2 aliphatic heterocycles. The summed E-state index contributed by atoms with van der Waals surface area (Å²) in [4.78, 5) is 15.5. The zero-order valence-electron chi connectivity index (χ0n) is 11.9. The lowest BCUT2D eigenvalue weighted by atomic mass is 10.1. The molecule has 0 aromatic heterocycles. The second-order valence-electron chi connectivity index (χ2n) is 5.61. The molecule has 0 bridgehead atoms. The van der Waals surface area contributed by atoms with Crippen molar-refractivity contribution in [2.45, 2.75) is 12.5 Å². The largest absolute Gasteiger partial charge is 0.370 e. The maximum atomic E-state index is 11.9. The number of carbonyl (C=O) groups excluding carboxylic acids is 1. The number of hydrogen-bond donors (Lipinski definition) is 1. The van der Waals surface area contributed by atoms with Gasteiger partial charge in [0.15, 0.2) is 9.84 Å². The van der Waals surface area contributed by atoms with Gasteiger partial charge >= 0.3 is 0 Å². The summed E-state index contributed by atoms with van der Waals surface area (Å²) < 4.78 is 23.4. The third-order valence-corrected chi connectivity index (χ3v) is 5.94. The van der Waals surface area contributed by atoms with Crippen molar-refractivity contribution in [1.29, 1.82) is 0 Å². The SMILES string of the molecule is CN1C(=O)C(N)c2ccc(N3CCCS(=O)(=O)CC3)cc21. The van der Waals surface area contributed by atoms with Crippen molar-refractivity contribution in [3.63, 3.8) is 0 Å². The number of hydrogen-bond acceptors (Lipinski definition) is 5. The highest BCUT2D eigenvalue weighted by Gasteiger charge is 2.32. The Hall–Kier alpha value is -1.60. The first kappa shape index (κ1) is 14.3. The summed E-state index contributed by atoms with van der Waals surface area (Å²) in [5.74, 6) is 0.316. The van der Waals surface area contributed by atoms with Crippen LogP contribution in [0.4, 0.5) is 11.4 Å². The van der Waals surface area contributed by atoms with Crippen molar-refractivity contribution in [2.75, 3.05) is 41.4 Å². The van der Waals surface area contributed by atoms with Gasteiger partial charge in [0.1, 0.15) is 6.04 Å². The van der Waals surface area contributed by atoms with E-state index < -0.39 is 15.9 Å². The van der Waals surface area contributed by atoms with Gasteiger partial charge < -0.3 is 15.5 Å². The number of fused-ring (bicyclic) bond motifs is 1. The van der Waals surface area contributed by atoms with Crippen LogP contribution in [-0.4, -0.2) is 46.0 Å². The molecule has 1 fully saturated rings. The van der Waals surface area contributed by atoms with Gasteiger partial charge in [-0.1, -0.05) is 6.07 Å². The number of likely N-dealkylation sites (N-methyl/N-ethyl adjacent to an activating group) is 1. The highest BCUT2D eigenvalue weighted by atomic mass is 32.2. The van der Waals surface area contributed by atoms with Crippen LogP contribution in [0.3, 0.4) is 0 Å². The van der Waals surface area contributed by atoms with E-state index in [9.17, 15) is 13.2 Å². The number of rotatable bonds is 1. The number of nitrogens with two attached hydrogens (primary N) is 1. The van der Waals surface area contributed by atoms with Crippen molar-refractivity contribution in [3.8, 4) is 0 Å². The van der Waals surface area contributed by atoms with E-state index in [2.05, 4.69) is 4.90 Å². The molecule has 0 aliphatic carbocycles. The predicted molar refractivity (Wildman–Crippen MR) is 82.3 cm³/mol. The summed E-state index contributed by atoms with van der Waals surface area (Å²) >= 11 is 0. The van der Waals surface area contributed by atoms with E-state index in [0.29, 0.717) is 19.5 Å². The van der Waals surface area contributed by atoms with Crippen LogP contribution in [0.1, 0.15) is 18.0 Å². The molecule has 2 N–H and O–H groups in total. The third kappa shape index (κ3) is 2.51.